The minimum Gasteiger partial charge on any atom is -0.508 e. The Bertz CT molecular complexity index is 1390. The van der Waals surface area contributed by atoms with Gasteiger partial charge in [-0.25, -0.2) is 4.98 Å². The van der Waals surface area contributed by atoms with Crippen LogP contribution in [0.15, 0.2) is 88.7 Å². The summed E-state index contributed by atoms with van der Waals surface area (Å²) in [6.45, 7) is 1.80. The number of aryl methyl sites for hydroxylation is 1. The number of furan rings is 1. The molecule has 7 nitrogen and oxygen atoms in total. The highest BCUT2D eigenvalue weighted by atomic mass is 32.1. The molecule has 0 spiro atoms. The summed E-state index contributed by atoms with van der Waals surface area (Å²) < 4.78 is 5.41. The maximum Gasteiger partial charge on any atom is 0.290 e. The number of aliphatic hydroxyl groups is 1. The number of aromatic hydroxyl groups is 1. The molecule has 34 heavy (non-hydrogen) atoms. The Labute approximate surface area is 199 Å². The highest BCUT2D eigenvalue weighted by Crippen LogP contribution is 2.42. The number of Topliss-reactive ketones (excluding diaryl/α,β-unsaturated/α-hetero) is 1. The predicted octanol–water partition coefficient (Wildman–Crippen LogP) is 5.20. The van der Waals surface area contributed by atoms with Crippen LogP contribution >= 0.6 is 11.3 Å². The van der Waals surface area contributed by atoms with Crippen LogP contribution in [0.3, 0.4) is 0 Å². The molecular weight excluding hydrogens is 452 g/mol. The van der Waals surface area contributed by atoms with Crippen LogP contribution in [0.1, 0.15) is 32.7 Å². The first-order valence-corrected chi connectivity index (χ1v) is 11.4. The lowest BCUT2D eigenvalue weighted by atomic mass is 9.95. The molecule has 5 rings (SSSR count). The number of hydrogen-bond donors (Lipinski definition) is 2. The number of benzene rings is 2. The van der Waals surface area contributed by atoms with Crippen LogP contribution < -0.4 is 0 Å². The Morgan fingerprint density at radius 3 is 2.47 bits per heavy atom. The number of hydrogen-bond acceptors (Lipinski definition) is 7. The molecule has 170 valence electrons. The van der Waals surface area contributed by atoms with Gasteiger partial charge in [-0.15, -0.1) is 11.3 Å². The highest BCUT2D eigenvalue weighted by molar-refractivity contribution is 7.17. The van der Waals surface area contributed by atoms with Crippen molar-refractivity contribution in [3.63, 3.8) is 0 Å². The molecule has 8 heteroatoms. The van der Waals surface area contributed by atoms with Crippen LogP contribution in [0.4, 0.5) is 0 Å². The number of phenolic OH excluding ortho intramolecular Hbond substituents is 1. The second-order valence-electron chi connectivity index (χ2n) is 7.90. The van der Waals surface area contributed by atoms with E-state index in [1.54, 1.807) is 31.2 Å². The lowest BCUT2D eigenvalue weighted by Gasteiger charge is -2.26. The van der Waals surface area contributed by atoms with Gasteiger partial charge < -0.3 is 19.5 Å². The van der Waals surface area contributed by atoms with Crippen LogP contribution in [0.2, 0.25) is 0 Å². The summed E-state index contributed by atoms with van der Waals surface area (Å²) in [4.78, 5) is 33.2. The van der Waals surface area contributed by atoms with Gasteiger partial charge in [-0.1, -0.05) is 42.5 Å². The van der Waals surface area contributed by atoms with E-state index in [2.05, 4.69) is 4.98 Å². The number of carbonyl (C=O) groups excluding carboxylic acids is 2. The molecule has 2 aromatic heterocycles. The van der Waals surface area contributed by atoms with E-state index in [0.29, 0.717) is 26.9 Å². The van der Waals surface area contributed by atoms with Crippen molar-refractivity contribution in [2.75, 3.05) is 0 Å². The largest absolute Gasteiger partial charge is 0.508 e. The molecule has 0 aliphatic carbocycles. The van der Waals surface area contributed by atoms with Crippen molar-refractivity contribution in [1.29, 1.82) is 0 Å². The van der Waals surface area contributed by atoms with Crippen molar-refractivity contribution >= 4 is 23.0 Å². The van der Waals surface area contributed by atoms with E-state index in [1.165, 1.54) is 34.6 Å². The maximum absolute atomic E-state index is 13.8. The Morgan fingerprint density at radius 2 is 1.79 bits per heavy atom. The molecule has 1 aliphatic rings. The lowest BCUT2D eigenvalue weighted by molar-refractivity contribution is -0.130. The molecule has 0 saturated carbocycles. The lowest BCUT2D eigenvalue weighted by Crippen LogP contribution is -2.30. The van der Waals surface area contributed by atoms with Crippen LogP contribution in [-0.2, 0) is 11.3 Å². The van der Waals surface area contributed by atoms with Gasteiger partial charge in [0.15, 0.2) is 5.76 Å². The molecule has 2 N–H and O–H groups in total. The van der Waals surface area contributed by atoms with Crippen LogP contribution in [-0.4, -0.2) is 31.8 Å². The summed E-state index contributed by atoms with van der Waals surface area (Å²) in [7, 11) is 0. The zero-order valence-corrected chi connectivity index (χ0v) is 19.0. The van der Waals surface area contributed by atoms with E-state index >= 15 is 0 Å². The third-order valence-corrected chi connectivity index (χ3v) is 6.89. The van der Waals surface area contributed by atoms with Crippen LogP contribution in [0.25, 0.3) is 10.6 Å². The Kier molecular flexibility index (Phi) is 5.51. The van der Waals surface area contributed by atoms with Crippen molar-refractivity contribution < 1.29 is 24.2 Å². The SMILES string of the molecule is Cc1nc(-c2ccccc2)sc1C(=O)C1=C(O)C(=O)N(Cc2ccco2)C1c1ccc(O)cc1. The number of aromatic nitrogens is 1. The van der Waals surface area contributed by atoms with Crippen LogP contribution in [0.5, 0.6) is 5.75 Å². The number of carbonyl (C=O) groups is 2. The van der Waals surface area contributed by atoms with Crippen molar-refractivity contribution in [2.24, 2.45) is 0 Å². The molecule has 1 unspecified atom stereocenters. The molecule has 2 aromatic carbocycles. The van der Waals surface area contributed by atoms with Gasteiger partial charge in [0.1, 0.15) is 16.5 Å². The van der Waals surface area contributed by atoms with Crippen molar-refractivity contribution in [3.05, 3.63) is 106 Å². The van der Waals surface area contributed by atoms with Crippen LogP contribution in [0, 0.1) is 6.92 Å². The first-order valence-electron chi connectivity index (χ1n) is 10.6. The molecule has 1 aliphatic heterocycles. The summed E-state index contributed by atoms with van der Waals surface area (Å²) >= 11 is 1.22. The third kappa shape index (κ3) is 3.78. The number of thiazole rings is 1. The Balaban J connectivity index is 1.58. The first-order chi connectivity index (χ1) is 16.4. The summed E-state index contributed by atoms with van der Waals surface area (Å²) in [5.74, 6) is -1.15. The predicted molar refractivity (Wildman–Crippen MR) is 126 cm³/mol. The van der Waals surface area contributed by atoms with Gasteiger partial charge in [-0.05, 0) is 36.8 Å². The number of ketones is 1. The monoisotopic (exact) mass is 472 g/mol. The zero-order chi connectivity index (χ0) is 23.8. The van der Waals surface area contributed by atoms with Crippen molar-refractivity contribution in [3.8, 4) is 16.3 Å². The molecule has 0 bridgehead atoms. The minimum atomic E-state index is -0.854. The Hall–Kier alpha value is -4.17. The number of nitrogens with zero attached hydrogens (tertiary/aromatic N) is 2. The molecule has 4 aromatic rings. The van der Waals surface area contributed by atoms with Gasteiger partial charge in [-0.3, -0.25) is 9.59 Å². The summed E-state index contributed by atoms with van der Waals surface area (Å²) in [6.07, 6.45) is 1.50. The Morgan fingerprint density at radius 1 is 1.06 bits per heavy atom. The normalized spacial score (nSPS) is 15.9. The number of amides is 1. The average Bonchev–Trinajstić information content (AvgIpc) is 3.56. The van der Waals surface area contributed by atoms with E-state index < -0.39 is 23.5 Å². The number of phenols is 1. The molecule has 0 fully saturated rings. The van der Waals surface area contributed by atoms with E-state index in [1.807, 2.05) is 30.3 Å². The number of aliphatic hydroxyl groups excluding tert-OH is 1. The topological polar surface area (TPSA) is 104 Å². The van der Waals surface area contributed by atoms with E-state index in [4.69, 9.17) is 4.42 Å². The molecule has 1 amide bonds. The van der Waals surface area contributed by atoms with E-state index in [-0.39, 0.29) is 17.9 Å². The quantitative estimate of drug-likeness (QED) is 0.374. The van der Waals surface area contributed by atoms with Gasteiger partial charge in [0, 0.05) is 5.56 Å². The fourth-order valence-corrected chi connectivity index (χ4v) is 5.08. The molecule has 0 radical (unpaired) electrons. The molecule has 0 saturated heterocycles. The second kappa shape index (κ2) is 8.64. The summed E-state index contributed by atoms with van der Waals surface area (Å²) in [5, 5.41) is 21.3. The molecule has 1 atom stereocenters. The van der Waals surface area contributed by atoms with Gasteiger partial charge in [0.2, 0.25) is 5.78 Å². The van der Waals surface area contributed by atoms with E-state index in [9.17, 15) is 19.8 Å². The molecular formula is C26H20N2O5S. The summed E-state index contributed by atoms with van der Waals surface area (Å²) in [5.41, 5.74) is 1.96. The standard InChI is InChI=1S/C26H20N2O5S/c1-15-24(34-25(27-15)17-6-3-2-4-7-17)22(30)20-21(16-9-11-18(29)12-10-16)28(26(32)23(20)31)14-19-8-5-13-33-19/h2-13,21,29,31H,14H2,1H3. The number of rotatable bonds is 6. The van der Waals surface area contributed by atoms with Gasteiger partial charge >= 0.3 is 0 Å². The third-order valence-electron chi connectivity index (χ3n) is 5.69. The smallest absolute Gasteiger partial charge is 0.290 e. The minimum absolute atomic E-state index is 0.0198. The summed E-state index contributed by atoms with van der Waals surface area (Å²) in [6, 6.07) is 18.3. The van der Waals surface area contributed by atoms with Gasteiger partial charge in [0.25, 0.3) is 5.91 Å². The van der Waals surface area contributed by atoms with Crippen molar-refractivity contribution in [1.82, 2.24) is 9.88 Å². The maximum atomic E-state index is 13.8. The average molecular weight is 473 g/mol. The first kappa shape index (κ1) is 21.7. The van der Waals surface area contributed by atoms with Crippen molar-refractivity contribution in [2.45, 2.75) is 19.5 Å². The molecule has 3 heterocycles. The highest BCUT2D eigenvalue weighted by Gasteiger charge is 2.44. The van der Waals surface area contributed by atoms with Gasteiger partial charge in [-0.2, -0.15) is 0 Å². The van der Waals surface area contributed by atoms with E-state index in [0.717, 1.165) is 5.56 Å². The van der Waals surface area contributed by atoms with Gasteiger partial charge in [0.05, 0.1) is 35.0 Å². The fourth-order valence-electron chi connectivity index (χ4n) is 4.06. The second-order valence-corrected chi connectivity index (χ2v) is 8.90. The zero-order valence-electron chi connectivity index (χ0n) is 18.1. The fraction of sp³-hybridized carbons (Fsp3) is 0.115.